The summed E-state index contributed by atoms with van der Waals surface area (Å²) in [5, 5.41) is 9.14. The van der Waals surface area contributed by atoms with E-state index in [-0.39, 0.29) is 0 Å². The van der Waals surface area contributed by atoms with E-state index in [4.69, 9.17) is 27.2 Å². The van der Waals surface area contributed by atoms with E-state index in [1.165, 1.54) is 11.8 Å². The van der Waals surface area contributed by atoms with E-state index < -0.39 is 12.0 Å². The van der Waals surface area contributed by atoms with Crippen molar-refractivity contribution in [3.63, 3.8) is 0 Å². The van der Waals surface area contributed by atoms with Crippen molar-refractivity contribution in [1.29, 1.82) is 0 Å². The minimum atomic E-state index is -0.982. The zero-order valence-corrected chi connectivity index (χ0v) is 10.7. The van der Waals surface area contributed by atoms with Crippen LogP contribution in [0.15, 0.2) is 24.3 Å². The van der Waals surface area contributed by atoms with Crippen LogP contribution >= 0.6 is 23.4 Å². The molecule has 0 aliphatic carbocycles. The lowest BCUT2D eigenvalue weighted by Crippen LogP contribution is -2.32. The van der Waals surface area contributed by atoms with Crippen molar-refractivity contribution in [1.82, 2.24) is 0 Å². The lowest BCUT2D eigenvalue weighted by molar-refractivity contribution is -0.137. The van der Waals surface area contributed by atoms with Gasteiger partial charge in [-0.15, -0.1) is 0 Å². The van der Waals surface area contributed by atoms with Crippen LogP contribution < -0.4 is 10.5 Å². The molecule has 0 aliphatic rings. The summed E-state index contributed by atoms with van der Waals surface area (Å²) in [6.45, 7) is 0.473. The number of rotatable bonds is 7. The smallest absolute Gasteiger partial charge is 0.321 e. The molecule has 4 nitrogen and oxygen atoms in total. The highest BCUT2D eigenvalue weighted by atomic mass is 35.5. The lowest BCUT2D eigenvalue weighted by atomic mass is 10.3. The second kappa shape index (κ2) is 7.42. The summed E-state index contributed by atoms with van der Waals surface area (Å²) in [7, 11) is 0. The summed E-state index contributed by atoms with van der Waals surface area (Å²) < 4.78 is 5.44. The molecule has 0 unspecified atom stereocenters. The van der Waals surface area contributed by atoms with Crippen molar-refractivity contribution in [2.24, 2.45) is 5.73 Å². The molecular formula is C11H14ClNO3S. The van der Waals surface area contributed by atoms with E-state index in [0.717, 1.165) is 0 Å². The molecule has 94 valence electrons. The Morgan fingerprint density at radius 1 is 1.53 bits per heavy atom. The SMILES string of the molecule is N[C@H](CSCCOc1ccccc1Cl)C(=O)O. The Hall–Kier alpha value is -0.910. The first-order chi connectivity index (χ1) is 8.11. The van der Waals surface area contributed by atoms with Gasteiger partial charge < -0.3 is 15.6 Å². The zero-order chi connectivity index (χ0) is 12.7. The van der Waals surface area contributed by atoms with Crippen LogP contribution in [0.25, 0.3) is 0 Å². The van der Waals surface area contributed by atoms with Gasteiger partial charge >= 0.3 is 5.97 Å². The number of benzene rings is 1. The van der Waals surface area contributed by atoms with Crippen molar-refractivity contribution in [3.8, 4) is 5.75 Å². The van der Waals surface area contributed by atoms with Crippen LogP contribution in [-0.2, 0) is 4.79 Å². The maximum absolute atomic E-state index is 10.4. The molecule has 3 N–H and O–H groups in total. The Morgan fingerprint density at radius 2 is 2.24 bits per heavy atom. The quantitative estimate of drug-likeness (QED) is 0.743. The highest BCUT2D eigenvalue weighted by Crippen LogP contribution is 2.23. The van der Waals surface area contributed by atoms with Crippen molar-refractivity contribution in [3.05, 3.63) is 29.3 Å². The molecule has 1 aromatic carbocycles. The number of hydrogen-bond donors (Lipinski definition) is 2. The van der Waals surface area contributed by atoms with Crippen molar-refractivity contribution < 1.29 is 14.6 Å². The number of para-hydroxylation sites is 1. The molecule has 0 spiro atoms. The second-order valence-corrected chi connectivity index (χ2v) is 4.86. The predicted octanol–water partition coefficient (Wildman–Crippen LogP) is 1.86. The molecule has 0 saturated heterocycles. The molecule has 0 amide bonds. The highest BCUT2D eigenvalue weighted by molar-refractivity contribution is 7.99. The first-order valence-corrected chi connectivity index (χ1v) is 6.58. The maximum Gasteiger partial charge on any atom is 0.321 e. The molecule has 0 heterocycles. The van der Waals surface area contributed by atoms with E-state index >= 15 is 0 Å². The van der Waals surface area contributed by atoms with Gasteiger partial charge in [-0.1, -0.05) is 23.7 Å². The van der Waals surface area contributed by atoms with Gasteiger partial charge in [0, 0.05) is 11.5 Å². The summed E-state index contributed by atoms with van der Waals surface area (Å²) in [6, 6.07) is 6.39. The number of carboxylic acid groups (broad SMARTS) is 1. The van der Waals surface area contributed by atoms with Gasteiger partial charge in [0.2, 0.25) is 0 Å². The third kappa shape index (κ3) is 5.30. The Bertz CT molecular complexity index is 375. The molecule has 1 aromatic rings. The first-order valence-electron chi connectivity index (χ1n) is 5.04. The van der Waals surface area contributed by atoms with Crippen LogP contribution in [0.2, 0.25) is 5.02 Å². The molecule has 6 heteroatoms. The number of thioether (sulfide) groups is 1. The molecular weight excluding hydrogens is 262 g/mol. The molecule has 1 rings (SSSR count). The van der Waals surface area contributed by atoms with Gasteiger partial charge in [0.1, 0.15) is 11.8 Å². The fraction of sp³-hybridized carbons (Fsp3) is 0.364. The summed E-state index contributed by atoms with van der Waals surface area (Å²) >= 11 is 7.34. The number of carboxylic acids is 1. The third-order valence-electron chi connectivity index (χ3n) is 1.94. The summed E-state index contributed by atoms with van der Waals surface area (Å²) in [4.78, 5) is 10.4. The zero-order valence-electron chi connectivity index (χ0n) is 9.14. The van der Waals surface area contributed by atoms with Crippen LogP contribution in [-0.4, -0.2) is 35.2 Å². The molecule has 0 bridgehead atoms. The summed E-state index contributed by atoms with van der Waals surface area (Å²) in [5.41, 5.74) is 5.35. The van der Waals surface area contributed by atoms with Gasteiger partial charge in [-0.05, 0) is 12.1 Å². The average molecular weight is 276 g/mol. The van der Waals surface area contributed by atoms with E-state index in [1.807, 2.05) is 12.1 Å². The number of carbonyl (C=O) groups is 1. The van der Waals surface area contributed by atoms with E-state index in [2.05, 4.69) is 0 Å². The van der Waals surface area contributed by atoms with Crippen LogP contribution in [0.1, 0.15) is 0 Å². The van der Waals surface area contributed by atoms with Crippen molar-refractivity contribution in [2.45, 2.75) is 6.04 Å². The van der Waals surface area contributed by atoms with Crippen LogP contribution in [0.5, 0.6) is 5.75 Å². The third-order valence-corrected chi connectivity index (χ3v) is 3.30. The molecule has 0 aromatic heterocycles. The van der Waals surface area contributed by atoms with Gasteiger partial charge in [0.25, 0.3) is 0 Å². The Balaban J connectivity index is 2.17. The molecule has 0 saturated carbocycles. The van der Waals surface area contributed by atoms with E-state index in [1.54, 1.807) is 12.1 Å². The second-order valence-electron chi connectivity index (χ2n) is 3.30. The fourth-order valence-corrected chi connectivity index (χ4v) is 2.01. The number of aliphatic carboxylic acids is 1. The van der Waals surface area contributed by atoms with Crippen LogP contribution in [0, 0.1) is 0 Å². The van der Waals surface area contributed by atoms with Gasteiger partial charge in [0.05, 0.1) is 11.6 Å². The van der Waals surface area contributed by atoms with E-state index in [9.17, 15) is 4.79 Å². The standard InChI is InChI=1S/C11H14ClNO3S/c12-8-3-1-2-4-10(8)16-5-6-17-7-9(13)11(14)15/h1-4,9H,5-7,13H2,(H,14,15)/t9-/m1/s1. The fourth-order valence-electron chi connectivity index (χ4n) is 1.05. The maximum atomic E-state index is 10.4. The lowest BCUT2D eigenvalue weighted by Gasteiger charge is -2.08. The van der Waals surface area contributed by atoms with E-state index in [0.29, 0.717) is 28.9 Å². The number of halogens is 1. The molecule has 0 radical (unpaired) electrons. The van der Waals surface area contributed by atoms with Gasteiger partial charge in [-0.2, -0.15) is 11.8 Å². The Labute approximate surface area is 109 Å². The number of hydrogen-bond acceptors (Lipinski definition) is 4. The summed E-state index contributed by atoms with van der Waals surface area (Å²) in [6.07, 6.45) is 0. The van der Waals surface area contributed by atoms with Crippen molar-refractivity contribution >= 4 is 29.3 Å². The highest BCUT2D eigenvalue weighted by Gasteiger charge is 2.10. The number of nitrogens with two attached hydrogens (primary N) is 1. The van der Waals surface area contributed by atoms with Crippen molar-refractivity contribution in [2.75, 3.05) is 18.1 Å². The largest absolute Gasteiger partial charge is 0.491 e. The predicted molar refractivity (Wildman–Crippen MR) is 69.9 cm³/mol. The first kappa shape index (κ1) is 14.2. The monoisotopic (exact) mass is 275 g/mol. The molecule has 0 fully saturated rings. The van der Waals surface area contributed by atoms with Gasteiger partial charge in [-0.25, -0.2) is 0 Å². The summed E-state index contributed by atoms with van der Waals surface area (Å²) in [5.74, 6) is 0.703. The van der Waals surface area contributed by atoms with Gasteiger partial charge in [-0.3, -0.25) is 4.79 Å². The normalized spacial score (nSPS) is 12.1. The van der Waals surface area contributed by atoms with Crippen LogP contribution in [0.4, 0.5) is 0 Å². The molecule has 17 heavy (non-hydrogen) atoms. The van der Waals surface area contributed by atoms with Crippen LogP contribution in [0.3, 0.4) is 0 Å². The Kier molecular flexibility index (Phi) is 6.18. The Morgan fingerprint density at radius 3 is 2.88 bits per heavy atom. The average Bonchev–Trinajstić information content (AvgIpc) is 2.30. The molecule has 0 aliphatic heterocycles. The minimum Gasteiger partial charge on any atom is -0.491 e. The number of ether oxygens (including phenoxy) is 1. The molecule has 1 atom stereocenters. The minimum absolute atomic E-state index is 0.376. The topological polar surface area (TPSA) is 72.5 Å². The van der Waals surface area contributed by atoms with Gasteiger partial charge in [0.15, 0.2) is 0 Å².